The van der Waals surface area contributed by atoms with Crippen molar-refractivity contribution in [3.05, 3.63) is 17.0 Å². The lowest BCUT2D eigenvalue weighted by Crippen LogP contribution is -2.44. The molecule has 1 saturated heterocycles. The third-order valence-electron chi connectivity index (χ3n) is 5.16. The first-order valence-corrected chi connectivity index (χ1v) is 10.9. The Balaban J connectivity index is 0.00000243. The Morgan fingerprint density at radius 2 is 2.00 bits per heavy atom. The molecule has 1 unspecified atom stereocenters. The summed E-state index contributed by atoms with van der Waals surface area (Å²) in [6.45, 7) is 4.96. The van der Waals surface area contributed by atoms with Gasteiger partial charge in [-0.1, -0.05) is 18.0 Å². The highest BCUT2D eigenvalue weighted by Gasteiger charge is 2.28. The molecule has 1 aliphatic heterocycles. The largest absolute Gasteiger partial charge is 0.361 e. The van der Waals surface area contributed by atoms with Crippen molar-refractivity contribution in [1.29, 1.82) is 0 Å². The minimum Gasteiger partial charge on any atom is -0.361 e. The Bertz CT molecular complexity index is 707. The van der Waals surface area contributed by atoms with Gasteiger partial charge >= 0.3 is 0 Å². The molecule has 0 amide bonds. The summed E-state index contributed by atoms with van der Waals surface area (Å²) in [6, 6.07) is 0.447. The molecule has 148 valence electrons. The van der Waals surface area contributed by atoms with E-state index in [0.29, 0.717) is 24.9 Å². The van der Waals surface area contributed by atoms with Crippen LogP contribution in [0.15, 0.2) is 9.52 Å². The highest BCUT2D eigenvalue weighted by atomic mass is 127. The number of hydrogen-bond acceptors (Lipinski definition) is 5. The Hall–Kier alpha value is -0.840. The Morgan fingerprint density at radius 3 is 2.58 bits per heavy atom. The number of aromatic nitrogens is 1. The molecule has 9 heteroatoms. The molecule has 0 spiro atoms. The first kappa shape index (κ1) is 21.5. The van der Waals surface area contributed by atoms with Crippen molar-refractivity contribution in [2.75, 3.05) is 18.1 Å². The maximum absolute atomic E-state index is 11.6. The fourth-order valence-corrected chi connectivity index (χ4v) is 5.44. The van der Waals surface area contributed by atoms with E-state index in [0.717, 1.165) is 42.2 Å². The predicted molar refractivity (Wildman–Crippen MR) is 113 cm³/mol. The molecule has 2 heterocycles. The van der Waals surface area contributed by atoms with Gasteiger partial charge in [-0.15, -0.1) is 24.0 Å². The van der Waals surface area contributed by atoms with Gasteiger partial charge in [0, 0.05) is 18.2 Å². The van der Waals surface area contributed by atoms with E-state index >= 15 is 0 Å². The number of nitrogens with one attached hydrogen (secondary N) is 2. The van der Waals surface area contributed by atoms with Crippen LogP contribution in [0.2, 0.25) is 0 Å². The van der Waals surface area contributed by atoms with Crippen molar-refractivity contribution < 1.29 is 12.9 Å². The van der Waals surface area contributed by atoms with Crippen molar-refractivity contribution in [2.45, 2.75) is 58.5 Å². The summed E-state index contributed by atoms with van der Waals surface area (Å²) in [5.41, 5.74) is 1.87. The molecular weight excluding hydrogens is 467 g/mol. The number of hydrogen-bond donors (Lipinski definition) is 2. The minimum absolute atomic E-state index is 0. The van der Waals surface area contributed by atoms with Crippen LogP contribution in [0.5, 0.6) is 0 Å². The summed E-state index contributed by atoms with van der Waals surface area (Å²) in [5, 5.41) is 10.8. The highest BCUT2D eigenvalue weighted by molar-refractivity contribution is 14.0. The number of rotatable bonds is 5. The average Bonchev–Trinajstić information content (AvgIpc) is 3.26. The topological polar surface area (TPSA) is 96.6 Å². The molecule has 7 nitrogen and oxygen atoms in total. The Labute approximate surface area is 172 Å². The second-order valence-electron chi connectivity index (χ2n) is 7.24. The van der Waals surface area contributed by atoms with Gasteiger partial charge in [0.2, 0.25) is 0 Å². The number of halogens is 1. The Kier molecular flexibility index (Phi) is 7.75. The molecule has 2 N–H and O–H groups in total. The fourth-order valence-electron chi connectivity index (χ4n) is 3.58. The average molecular weight is 496 g/mol. The summed E-state index contributed by atoms with van der Waals surface area (Å²) in [5.74, 6) is 2.31. The fraction of sp³-hybridized carbons (Fsp3) is 0.765. The van der Waals surface area contributed by atoms with Crippen LogP contribution in [0.1, 0.15) is 49.1 Å². The van der Waals surface area contributed by atoms with Crippen LogP contribution in [-0.2, 0) is 16.4 Å². The number of aryl methyl sites for hydroxylation is 2. The predicted octanol–water partition coefficient (Wildman–Crippen LogP) is 2.32. The van der Waals surface area contributed by atoms with E-state index in [1.165, 1.54) is 12.8 Å². The van der Waals surface area contributed by atoms with Crippen LogP contribution in [0.3, 0.4) is 0 Å². The van der Waals surface area contributed by atoms with Crippen LogP contribution >= 0.6 is 24.0 Å². The lowest BCUT2D eigenvalue weighted by molar-refractivity contribution is 0.392. The molecule has 0 radical (unpaired) electrons. The van der Waals surface area contributed by atoms with Gasteiger partial charge in [0.1, 0.15) is 5.76 Å². The normalized spacial score (nSPS) is 23.0. The van der Waals surface area contributed by atoms with Gasteiger partial charge in [-0.05, 0) is 39.0 Å². The van der Waals surface area contributed by atoms with E-state index in [4.69, 9.17) is 9.52 Å². The molecule has 1 saturated carbocycles. The summed E-state index contributed by atoms with van der Waals surface area (Å²) in [7, 11) is -2.85. The van der Waals surface area contributed by atoms with Crippen molar-refractivity contribution in [2.24, 2.45) is 10.9 Å². The molecule has 3 rings (SSSR count). The third kappa shape index (κ3) is 5.83. The zero-order chi connectivity index (χ0) is 17.9. The highest BCUT2D eigenvalue weighted by Crippen LogP contribution is 2.19. The van der Waals surface area contributed by atoms with Gasteiger partial charge in [0.15, 0.2) is 15.8 Å². The molecule has 26 heavy (non-hydrogen) atoms. The number of sulfone groups is 1. The van der Waals surface area contributed by atoms with Gasteiger partial charge in [-0.2, -0.15) is 0 Å². The van der Waals surface area contributed by atoms with E-state index in [9.17, 15) is 8.42 Å². The molecule has 1 aliphatic carbocycles. The number of nitrogens with zero attached hydrogens (tertiary/aromatic N) is 2. The van der Waals surface area contributed by atoms with Crippen molar-refractivity contribution in [3.8, 4) is 0 Å². The van der Waals surface area contributed by atoms with E-state index in [1.807, 2.05) is 13.8 Å². The van der Waals surface area contributed by atoms with Crippen LogP contribution in [0.25, 0.3) is 0 Å². The van der Waals surface area contributed by atoms with Crippen LogP contribution in [0.4, 0.5) is 0 Å². The Morgan fingerprint density at radius 1 is 1.27 bits per heavy atom. The zero-order valence-electron chi connectivity index (χ0n) is 15.5. The summed E-state index contributed by atoms with van der Waals surface area (Å²) in [6.07, 6.45) is 5.54. The van der Waals surface area contributed by atoms with Gasteiger partial charge in [-0.3, -0.25) is 0 Å². The molecule has 1 aromatic heterocycles. The molecule has 1 aromatic rings. The quantitative estimate of drug-likeness (QED) is 0.369. The standard InChI is InChI=1S/C17H28N4O3S.HI/c1-12-16(13(2)24-21-12)10-19-17(20-15-5-3-4-6-15)18-9-14-7-8-25(22,23)11-14;/h14-15H,3-11H2,1-2H3,(H2,18,19,20);1H. The van der Waals surface area contributed by atoms with Gasteiger partial charge < -0.3 is 15.2 Å². The van der Waals surface area contributed by atoms with Crippen molar-refractivity contribution in [3.63, 3.8) is 0 Å². The lowest BCUT2D eigenvalue weighted by Gasteiger charge is -2.19. The smallest absolute Gasteiger partial charge is 0.191 e. The SMILES string of the molecule is Cc1noc(C)c1CN=C(NCC1CCS(=O)(=O)C1)NC1CCCC1.I. The molecule has 1 atom stereocenters. The second kappa shape index (κ2) is 9.38. The maximum atomic E-state index is 11.6. The molecule has 0 aromatic carbocycles. The minimum atomic E-state index is -2.85. The van der Waals surface area contributed by atoms with Crippen molar-refractivity contribution in [1.82, 2.24) is 15.8 Å². The van der Waals surface area contributed by atoms with Crippen molar-refractivity contribution >= 4 is 39.8 Å². The van der Waals surface area contributed by atoms with Gasteiger partial charge in [-0.25, -0.2) is 13.4 Å². The van der Waals surface area contributed by atoms with E-state index in [2.05, 4.69) is 15.8 Å². The molecule has 2 fully saturated rings. The summed E-state index contributed by atoms with van der Waals surface area (Å²) >= 11 is 0. The first-order valence-electron chi connectivity index (χ1n) is 9.10. The number of aliphatic imine (C=N–C) groups is 1. The summed E-state index contributed by atoms with van der Waals surface area (Å²) in [4.78, 5) is 4.69. The van der Waals surface area contributed by atoms with Crippen LogP contribution < -0.4 is 10.6 Å². The van der Waals surface area contributed by atoms with Crippen LogP contribution in [-0.4, -0.2) is 43.6 Å². The van der Waals surface area contributed by atoms with E-state index < -0.39 is 9.84 Å². The van der Waals surface area contributed by atoms with Crippen LogP contribution in [0, 0.1) is 19.8 Å². The molecule has 0 bridgehead atoms. The monoisotopic (exact) mass is 496 g/mol. The third-order valence-corrected chi connectivity index (χ3v) is 6.99. The first-order chi connectivity index (χ1) is 11.9. The lowest BCUT2D eigenvalue weighted by atomic mass is 10.1. The zero-order valence-corrected chi connectivity index (χ0v) is 18.6. The second-order valence-corrected chi connectivity index (χ2v) is 9.47. The van der Waals surface area contributed by atoms with Gasteiger partial charge in [0.25, 0.3) is 0 Å². The van der Waals surface area contributed by atoms with E-state index in [1.54, 1.807) is 0 Å². The maximum Gasteiger partial charge on any atom is 0.191 e. The number of guanidine groups is 1. The molecule has 2 aliphatic rings. The van der Waals surface area contributed by atoms with Gasteiger partial charge in [0.05, 0.1) is 23.7 Å². The molecular formula is C17H29IN4O3S. The van der Waals surface area contributed by atoms with E-state index in [-0.39, 0.29) is 35.6 Å². The summed E-state index contributed by atoms with van der Waals surface area (Å²) < 4.78 is 28.5.